The molecule has 1 heterocycles. The molecule has 0 fully saturated rings. The van der Waals surface area contributed by atoms with Crippen LogP contribution in [-0.2, 0) is 10.0 Å². The van der Waals surface area contributed by atoms with Crippen LogP contribution in [0.3, 0.4) is 0 Å². The number of para-hydroxylation sites is 1. The van der Waals surface area contributed by atoms with Crippen LogP contribution in [0.4, 0.5) is 14.7 Å². The summed E-state index contributed by atoms with van der Waals surface area (Å²) in [4.78, 5) is 0. The first-order valence-electron chi connectivity index (χ1n) is 14.2. The van der Waals surface area contributed by atoms with E-state index >= 15 is 0 Å². The van der Waals surface area contributed by atoms with Crippen molar-refractivity contribution in [3.05, 3.63) is 77.9 Å². The summed E-state index contributed by atoms with van der Waals surface area (Å²) in [6.45, 7) is 7.56. The quantitative estimate of drug-likeness (QED) is 0.178. The van der Waals surface area contributed by atoms with Crippen LogP contribution in [0.15, 0.2) is 60.7 Å². The van der Waals surface area contributed by atoms with Crippen LogP contribution in [-0.4, -0.2) is 69.5 Å². The summed E-state index contributed by atoms with van der Waals surface area (Å²) >= 11 is 0. The van der Waals surface area contributed by atoms with Crippen molar-refractivity contribution < 1.29 is 36.5 Å². The number of aliphatic hydroxyl groups excluding tert-OH is 1. The summed E-state index contributed by atoms with van der Waals surface area (Å²) in [6.07, 6.45) is -1.82. The van der Waals surface area contributed by atoms with Crippen molar-refractivity contribution in [2.45, 2.75) is 44.0 Å². The largest absolute Gasteiger partial charge is 0.497 e. The van der Waals surface area contributed by atoms with E-state index in [4.69, 9.17) is 14.2 Å². The molecule has 1 N–H and O–H groups in total. The predicted octanol–water partition coefficient (Wildman–Crippen LogP) is 5.83. The molecule has 242 valence electrons. The Morgan fingerprint density at radius 2 is 1.58 bits per heavy atom. The van der Waals surface area contributed by atoms with Gasteiger partial charge in [0.1, 0.15) is 45.9 Å². The van der Waals surface area contributed by atoms with Gasteiger partial charge in [0.2, 0.25) is 16.0 Å². The molecule has 0 saturated carbocycles. The standard InChI is InChI=1S/C31H38F2N4O6SSi/c1-20(29(38)24-15-14-22(32)19-25(24)33)44(39,40)36(16-17-45(5,6)7)31-35-34-30(21-10-8-11-23(18-21)41-2)37(31)28-26(42-3)12-9-13-27(28)43-4/h8-15,18-20,29,38H,16-17H2,1-7H3/t20-,29-/m0/s1. The first-order chi connectivity index (χ1) is 21.2. The van der Waals surface area contributed by atoms with Gasteiger partial charge in [-0.25, -0.2) is 21.5 Å². The van der Waals surface area contributed by atoms with E-state index < -0.39 is 41.1 Å². The van der Waals surface area contributed by atoms with Crippen LogP contribution in [0.1, 0.15) is 18.6 Å². The number of halogens is 2. The second kappa shape index (κ2) is 13.5. The Balaban J connectivity index is 2.00. The summed E-state index contributed by atoms with van der Waals surface area (Å²) < 4.78 is 76.8. The average molecular weight is 661 g/mol. The summed E-state index contributed by atoms with van der Waals surface area (Å²) in [5, 5.41) is 18.4. The molecule has 45 heavy (non-hydrogen) atoms. The Bertz CT molecular complexity index is 1740. The Labute approximate surface area is 263 Å². The second-order valence-corrected chi connectivity index (χ2v) is 19.5. The number of nitrogens with zero attached hydrogens (tertiary/aromatic N) is 4. The first kappa shape index (κ1) is 33.9. The van der Waals surface area contributed by atoms with Gasteiger partial charge in [0.25, 0.3) is 0 Å². The molecule has 1 aromatic heterocycles. The molecule has 2 atom stereocenters. The fourth-order valence-electron chi connectivity index (χ4n) is 4.78. The van der Waals surface area contributed by atoms with Crippen molar-refractivity contribution >= 4 is 24.0 Å². The maximum absolute atomic E-state index is 14.7. The van der Waals surface area contributed by atoms with Gasteiger partial charge in [0.05, 0.1) is 21.3 Å². The van der Waals surface area contributed by atoms with Gasteiger partial charge in [-0.1, -0.05) is 43.9 Å². The minimum Gasteiger partial charge on any atom is -0.497 e. The van der Waals surface area contributed by atoms with E-state index in [0.717, 1.165) is 16.4 Å². The normalized spacial score (nSPS) is 13.3. The highest BCUT2D eigenvalue weighted by atomic mass is 32.2. The smallest absolute Gasteiger partial charge is 0.246 e. The predicted molar refractivity (Wildman–Crippen MR) is 172 cm³/mol. The molecule has 3 aromatic carbocycles. The van der Waals surface area contributed by atoms with E-state index in [1.165, 1.54) is 32.8 Å². The highest BCUT2D eigenvalue weighted by Crippen LogP contribution is 2.40. The summed E-state index contributed by atoms with van der Waals surface area (Å²) in [5.74, 6) is -0.491. The van der Waals surface area contributed by atoms with E-state index in [9.17, 15) is 22.3 Å². The molecule has 0 aliphatic heterocycles. The van der Waals surface area contributed by atoms with Crippen LogP contribution in [0.2, 0.25) is 25.7 Å². The van der Waals surface area contributed by atoms with Gasteiger partial charge < -0.3 is 19.3 Å². The number of aliphatic hydroxyl groups is 1. The van der Waals surface area contributed by atoms with Gasteiger partial charge in [-0.3, -0.25) is 4.57 Å². The van der Waals surface area contributed by atoms with Crippen molar-refractivity contribution in [1.82, 2.24) is 14.8 Å². The van der Waals surface area contributed by atoms with Crippen molar-refractivity contribution in [2.75, 3.05) is 32.2 Å². The zero-order valence-corrected chi connectivity index (χ0v) is 28.1. The van der Waals surface area contributed by atoms with Crippen molar-refractivity contribution in [1.29, 1.82) is 0 Å². The number of benzene rings is 3. The number of hydrogen-bond acceptors (Lipinski definition) is 8. The molecule has 4 rings (SSSR count). The van der Waals surface area contributed by atoms with E-state index in [1.807, 2.05) is 0 Å². The summed E-state index contributed by atoms with van der Waals surface area (Å²) in [6, 6.07) is 15.3. The number of hydrogen-bond donors (Lipinski definition) is 1. The number of methoxy groups -OCH3 is 3. The third kappa shape index (κ3) is 7.13. The lowest BCUT2D eigenvalue weighted by molar-refractivity contribution is 0.171. The number of ether oxygens (including phenoxy) is 3. The molecule has 0 unspecified atom stereocenters. The van der Waals surface area contributed by atoms with Crippen LogP contribution in [0.5, 0.6) is 17.2 Å². The Hall–Kier alpha value is -4.01. The van der Waals surface area contributed by atoms with Crippen molar-refractivity contribution in [3.63, 3.8) is 0 Å². The number of sulfonamides is 1. The molecule has 14 heteroatoms. The molecule has 0 saturated heterocycles. The van der Waals surface area contributed by atoms with Crippen LogP contribution in [0, 0.1) is 11.6 Å². The van der Waals surface area contributed by atoms with E-state index in [0.29, 0.717) is 40.6 Å². The van der Waals surface area contributed by atoms with Crippen molar-refractivity contribution in [2.24, 2.45) is 0 Å². The average Bonchev–Trinajstić information content (AvgIpc) is 3.43. The van der Waals surface area contributed by atoms with Gasteiger partial charge >= 0.3 is 0 Å². The maximum atomic E-state index is 14.7. The lowest BCUT2D eigenvalue weighted by atomic mass is 10.1. The first-order valence-corrected chi connectivity index (χ1v) is 19.4. The molecule has 0 radical (unpaired) electrons. The Kier molecular flexibility index (Phi) is 10.2. The van der Waals surface area contributed by atoms with Crippen molar-refractivity contribution in [3.8, 4) is 34.3 Å². The minimum atomic E-state index is -4.49. The van der Waals surface area contributed by atoms with Gasteiger partial charge in [-0.2, -0.15) is 0 Å². The fourth-order valence-corrected chi connectivity index (χ4v) is 7.40. The Morgan fingerprint density at radius 3 is 2.16 bits per heavy atom. The lowest BCUT2D eigenvalue weighted by Crippen LogP contribution is -2.44. The Morgan fingerprint density at radius 1 is 0.933 bits per heavy atom. The van der Waals surface area contributed by atoms with Gasteiger partial charge in [0.15, 0.2) is 5.82 Å². The number of aromatic nitrogens is 3. The molecular weight excluding hydrogens is 623 g/mol. The highest BCUT2D eigenvalue weighted by Gasteiger charge is 2.40. The molecule has 10 nitrogen and oxygen atoms in total. The number of rotatable bonds is 13. The molecular formula is C31H38F2N4O6SSi. The lowest BCUT2D eigenvalue weighted by Gasteiger charge is -2.31. The highest BCUT2D eigenvalue weighted by molar-refractivity contribution is 7.93. The molecule has 0 spiro atoms. The third-order valence-corrected chi connectivity index (χ3v) is 11.3. The van der Waals surface area contributed by atoms with E-state index in [1.54, 1.807) is 42.5 Å². The molecule has 0 bridgehead atoms. The topological polar surface area (TPSA) is 116 Å². The monoisotopic (exact) mass is 660 g/mol. The minimum absolute atomic E-state index is 0.00523. The summed E-state index contributed by atoms with van der Waals surface area (Å²) in [7, 11) is -1.88. The van der Waals surface area contributed by atoms with E-state index in [2.05, 4.69) is 29.8 Å². The van der Waals surface area contributed by atoms with Gasteiger partial charge in [-0.15, -0.1) is 10.2 Å². The molecule has 0 amide bonds. The van der Waals surface area contributed by atoms with Crippen LogP contribution in [0.25, 0.3) is 17.1 Å². The van der Waals surface area contributed by atoms with Gasteiger partial charge in [0, 0.05) is 31.8 Å². The SMILES string of the molecule is COc1cccc(-c2nnc(N(CC[Si](C)(C)C)S(=O)(=O)[C@@H](C)[C@H](O)c3ccc(F)cc3F)n2-c2c(OC)cccc2OC)c1. The zero-order chi connectivity index (χ0) is 33.1. The van der Waals surface area contributed by atoms with Gasteiger partial charge in [-0.05, 0) is 43.3 Å². The molecule has 4 aromatic rings. The third-order valence-electron chi connectivity index (χ3n) is 7.39. The number of anilines is 1. The second-order valence-electron chi connectivity index (χ2n) is 11.6. The molecule has 0 aliphatic rings. The fraction of sp³-hybridized carbons (Fsp3) is 0.355. The van der Waals surface area contributed by atoms with Crippen LogP contribution < -0.4 is 18.5 Å². The maximum Gasteiger partial charge on any atom is 0.246 e. The van der Waals surface area contributed by atoms with Crippen LogP contribution >= 0.6 is 0 Å². The molecule has 0 aliphatic carbocycles. The summed E-state index contributed by atoms with van der Waals surface area (Å²) in [5.41, 5.74) is 0.555. The van der Waals surface area contributed by atoms with E-state index in [-0.39, 0.29) is 23.9 Å². The zero-order valence-electron chi connectivity index (χ0n) is 26.3.